The van der Waals surface area contributed by atoms with Gasteiger partial charge in [-0.15, -0.1) is 0 Å². The molecule has 120 valence electrons. The zero-order chi connectivity index (χ0) is 16.5. The van der Waals surface area contributed by atoms with Crippen LogP contribution in [0.25, 0.3) is 0 Å². The van der Waals surface area contributed by atoms with Gasteiger partial charge in [-0.1, -0.05) is 30.3 Å². The van der Waals surface area contributed by atoms with Crippen LogP contribution in [0.3, 0.4) is 0 Å². The quantitative estimate of drug-likeness (QED) is 0.168. The molecule has 0 aliphatic rings. The number of nitrogens with zero attached hydrogens (tertiary/aromatic N) is 1. The summed E-state index contributed by atoms with van der Waals surface area (Å²) >= 11 is 0. The number of carbonyl (C=O) groups is 2. The number of guanidine groups is 1. The maximum absolute atomic E-state index is 11.7. The Bertz CT molecular complexity index is 529. The molecular weight excluding hydrogens is 288 g/mol. The van der Waals surface area contributed by atoms with Crippen LogP contribution < -0.4 is 17.2 Å². The van der Waals surface area contributed by atoms with Gasteiger partial charge < -0.3 is 27.0 Å². The van der Waals surface area contributed by atoms with Crippen LogP contribution in [0, 0.1) is 0 Å². The van der Waals surface area contributed by atoms with Crippen molar-refractivity contribution in [3.63, 3.8) is 0 Å². The summed E-state index contributed by atoms with van der Waals surface area (Å²) in [4.78, 5) is 27.1. The van der Waals surface area contributed by atoms with Gasteiger partial charge in [0.2, 0.25) is 0 Å². The molecule has 0 saturated heterocycles. The van der Waals surface area contributed by atoms with Crippen LogP contribution in [0.1, 0.15) is 24.5 Å². The van der Waals surface area contributed by atoms with Crippen molar-refractivity contribution in [1.29, 1.82) is 0 Å². The summed E-state index contributed by atoms with van der Waals surface area (Å²) in [6.07, 6.45) is -0.813. The van der Waals surface area contributed by atoms with E-state index >= 15 is 0 Å². The molecule has 0 aromatic heterocycles. The first-order valence-corrected chi connectivity index (χ1v) is 6.71. The second kappa shape index (κ2) is 8.75. The van der Waals surface area contributed by atoms with Gasteiger partial charge in [0.25, 0.3) is 0 Å². The van der Waals surface area contributed by atoms with Gasteiger partial charge >= 0.3 is 11.9 Å². The van der Waals surface area contributed by atoms with Gasteiger partial charge in [0.15, 0.2) is 12.1 Å². The third kappa shape index (κ3) is 5.90. The van der Waals surface area contributed by atoms with Crippen molar-refractivity contribution in [3.05, 3.63) is 35.9 Å². The maximum atomic E-state index is 11.7. The number of hydrogen-bond donors (Lipinski definition) is 4. The van der Waals surface area contributed by atoms with E-state index in [2.05, 4.69) is 9.73 Å². The minimum Gasteiger partial charge on any atom is -0.390 e. The molecule has 0 radical (unpaired) electrons. The van der Waals surface area contributed by atoms with Gasteiger partial charge in [0.05, 0.1) is 0 Å². The van der Waals surface area contributed by atoms with Crippen molar-refractivity contribution in [3.8, 4) is 0 Å². The molecule has 7 N–H and O–H groups in total. The third-order valence-corrected chi connectivity index (χ3v) is 2.81. The fourth-order valence-electron chi connectivity index (χ4n) is 1.64. The number of esters is 2. The molecule has 0 fully saturated rings. The topological polar surface area (TPSA) is 154 Å². The molecule has 1 rings (SSSR count). The maximum Gasteiger partial charge on any atom is 0.347 e. The van der Waals surface area contributed by atoms with Gasteiger partial charge in [-0.3, -0.25) is 4.99 Å². The summed E-state index contributed by atoms with van der Waals surface area (Å²) in [5.41, 5.74) is 16.2. The van der Waals surface area contributed by atoms with E-state index in [1.807, 2.05) is 0 Å². The molecule has 8 heteroatoms. The summed E-state index contributed by atoms with van der Waals surface area (Å²) in [7, 11) is 0. The van der Waals surface area contributed by atoms with E-state index in [1.165, 1.54) is 0 Å². The molecule has 0 aliphatic carbocycles. The molecule has 22 heavy (non-hydrogen) atoms. The van der Waals surface area contributed by atoms with Crippen molar-refractivity contribution < 1.29 is 19.4 Å². The first-order chi connectivity index (χ1) is 10.4. The molecule has 0 unspecified atom stereocenters. The standard InChI is InChI=1S/C14H20N4O4/c15-10(7-4-8-18-14(16)17)12(20)22-13(21)11(19)9-5-2-1-3-6-9/h1-3,5-6,10-11,19H,4,7-8,15H2,(H4,16,17,18)/t10-,11+/m0/s1. The lowest BCUT2D eigenvalue weighted by Crippen LogP contribution is -2.35. The minimum absolute atomic E-state index is 0.0442. The van der Waals surface area contributed by atoms with E-state index in [0.29, 0.717) is 18.5 Å². The Morgan fingerprint density at radius 1 is 1.18 bits per heavy atom. The molecule has 2 atom stereocenters. The Hall–Kier alpha value is -2.45. The Morgan fingerprint density at radius 2 is 1.82 bits per heavy atom. The van der Waals surface area contributed by atoms with Crippen molar-refractivity contribution >= 4 is 17.9 Å². The number of aliphatic imine (C=N–C) groups is 1. The zero-order valence-corrected chi connectivity index (χ0v) is 12.0. The van der Waals surface area contributed by atoms with Crippen molar-refractivity contribution in [1.82, 2.24) is 0 Å². The van der Waals surface area contributed by atoms with E-state index in [9.17, 15) is 14.7 Å². The zero-order valence-electron chi connectivity index (χ0n) is 12.0. The van der Waals surface area contributed by atoms with E-state index in [1.54, 1.807) is 30.3 Å². The Labute approximate surface area is 127 Å². The number of ether oxygens (including phenoxy) is 1. The fourth-order valence-corrected chi connectivity index (χ4v) is 1.64. The normalized spacial score (nSPS) is 13.0. The van der Waals surface area contributed by atoms with Gasteiger partial charge in [-0.25, -0.2) is 9.59 Å². The molecule has 0 heterocycles. The van der Waals surface area contributed by atoms with Crippen LogP contribution in [0.2, 0.25) is 0 Å². The molecule has 0 aliphatic heterocycles. The lowest BCUT2D eigenvalue weighted by atomic mass is 10.1. The SMILES string of the molecule is NC(N)=NCCC[C@H](N)C(=O)OC(=O)[C@H](O)c1ccccc1. The summed E-state index contributed by atoms with van der Waals surface area (Å²) in [5, 5.41) is 9.78. The van der Waals surface area contributed by atoms with E-state index in [0.717, 1.165) is 0 Å². The number of nitrogens with two attached hydrogens (primary N) is 3. The number of benzene rings is 1. The van der Waals surface area contributed by atoms with Crippen LogP contribution in [0.5, 0.6) is 0 Å². The summed E-state index contributed by atoms with van der Waals surface area (Å²) in [6.45, 7) is 0.323. The van der Waals surface area contributed by atoms with Crippen molar-refractivity contribution in [2.75, 3.05) is 6.54 Å². The number of hydrogen-bond acceptors (Lipinski definition) is 6. The number of aliphatic hydroxyl groups excluding tert-OH is 1. The smallest absolute Gasteiger partial charge is 0.347 e. The van der Waals surface area contributed by atoms with Crippen LogP contribution in [-0.4, -0.2) is 35.6 Å². The molecule has 8 nitrogen and oxygen atoms in total. The molecule has 1 aromatic rings. The Morgan fingerprint density at radius 3 is 2.41 bits per heavy atom. The molecule has 1 aromatic carbocycles. The fraction of sp³-hybridized carbons (Fsp3) is 0.357. The van der Waals surface area contributed by atoms with Crippen LogP contribution in [0.15, 0.2) is 35.3 Å². The predicted molar refractivity (Wildman–Crippen MR) is 80.4 cm³/mol. The van der Waals surface area contributed by atoms with Crippen LogP contribution in [-0.2, 0) is 14.3 Å². The van der Waals surface area contributed by atoms with E-state index < -0.39 is 24.1 Å². The lowest BCUT2D eigenvalue weighted by Gasteiger charge is -2.12. The number of carbonyl (C=O) groups excluding carboxylic acids is 2. The largest absolute Gasteiger partial charge is 0.390 e. The third-order valence-electron chi connectivity index (χ3n) is 2.81. The molecular formula is C14H20N4O4. The van der Waals surface area contributed by atoms with Gasteiger partial charge in [0, 0.05) is 6.54 Å². The highest BCUT2D eigenvalue weighted by molar-refractivity contribution is 5.90. The second-order valence-electron chi connectivity index (χ2n) is 4.61. The summed E-state index contributed by atoms with van der Waals surface area (Å²) < 4.78 is 4.57. The highest BCUT2D eigenvalue weighted by Gasteiger charge is 2.24. The average Bonchev–Trinajstić information content (AvgIpc) is 2.51. The number of rotatable bonds is 7. The molecule has 0 bridgehead atoms. The minimum atomic E-state index is -1.53. The van der Waals surface area contributed by atoms with E-state index in [4.69, 9.17) is 17.2 Å². The first-order valence-electron chi connectivity index (χ1n) is 6.71. The van der Waals surface area contributed by atoms with Crippen LogP contribution in [0.4, 0.5) is 0 Å². The molecule has 0 saturated carbocycles. The first kappa shape index (κ1) is 17.6. The van der Waals surface area contributed by atoms with Crippen LogP contribution >= 0.6 is 0 Å². The summed E-state index contributed by atoms with van der Waals surface area (Å²) in [6, 6.07) is 7.16. The average molecular weight is 308 g/mol. The highest BCUT2D eigenvalue weighted by atomic mass is 16.6. The molecule has 0 spiro atoms. The van der Waals surface area contributed by atoms with Gasteiger partial charge in [-0.2, -0.15) is 0 Å². The van der Waals surface area contributed by atoms with Gasteiger partial charge in [-0.05, 0) is 18.4 Å². The van der Waals surface area contributed by atoms with Gasteiger partial charge in [0.1, 0.15) is 6.04 Å². The molecule has 0 amide bonds. The number of aliphatic hydroxyl groups is 1. The predicted octanol–water partition coefficient (Wildman–Crippen LogP) is -0.829. The monoisotopic (exact) mass is 308 g/mol. The van der Waals surface area contributed by atoms with E-state index in [-0.39, 0.29) is 12.4 Å². The highest BCUT2D eigenvalue weighted by Crippen LogP contribution is 2.14. The van der Waals surface area contributed by atoms with Crippen molar-refractivity contribution in [2.45, 2.75) is 25.0 Å². The summed E-state index contributed by atoms with van der Waals surface area (Å²) in [5.74, 6) is -2.00. The van der Waals surface area contributed by atoms with Crippen molar-refractivity contribution in [2.24, 2.45) is 22.2 Å². The lowest BCUT2D eigenvalue weighted by molar-refractivity contribution is -0.167. The Kier molecular flexibility index (Phi) is 7.00. The Balaban J connectivity index is 2.43. The second-order valence-corrected chi connectivity index (χ2v) is 4.61.